The molecule has 0 fully saturated rings. The standard InChI is InChI=1S/C22H16F3N3O4/c23-16-9-15(10-17(24)18(16)25)11-4-6-12(7-5-11)19(22(31)28-32)27-21(30)14-3-1-2-13(8-14)20(26)29/h1-10,19,32H,(H2,26,29)(H,27,30)(H,28,31). The van der Waals surface area contributed by atoms with Crippen LogP contribution in [-0.4, -0.2) is 22.9 Å². The fraction of sp³-hybridized carbons (Fsp3) is 0.0455. The number of nitrogens with two attached hydrogens (primary N) is 1. The Morgan fingerprint density at radius 2 is 1.44 bits per heavy atom. The van der Waals surface area contributed by atoms with E-state index < -0.39 is 41.2 Å². The number of rotatable bonds is 6. The summed E-state index contributed by atoms with van der Waals surface area (Å²) < 4.78 is 40.2. The third kappa shape index (κ3) is 4.76. The molecule has 3 aromatic rings. The molecule has 0 radical (unpaired) electrons. The number of hydrogen-bond acceptors (Lipinski definition) is 4. The molecule has 0 heterocycles. The number of hydroxylamine groups is 1. The highest BCUT2D eigenvalue weighted by Gasteiger charge is 2.24. The fourth-order valence-electron chi connectivity index (χ4n) is 2.98. The van der Waals surface area contributed by atoms with Crippen LogP contribution in [0, 0.1) is 17.5 Å². The molecule has 0 saturated heterocycles. The molecule has 3 aromatic carbocycles. The molecule has 0 aliphatic carbocycles. The molecular formula is C22H16F3N3O4. The van der Waals surface area contributed by atoms with Gasteiger partial charge in [0.25, 0.3) is 11.8 Å². The van der Waals surface area contributed by atoms with Crippen LogP contribution in [0.4, 0.5) is 13.2 Å². The number of primary amides is 1. The zero-order valence-electron chi connectivity index (χ0n) is 16.2. The fourth-order valence-corrected chi connectivity index (χ4v) is 2.98. The minimum atomic E-state index is -1.59. The van der Waals surface area contributed by atoms with Crippen molar-refractivity contribution in [3.63, 3.8) is 0 Å². The number of carbonyl (C=O) groups excluding carboxylic acids is 3. The van der Waals surface area contributed by atoms with Crippen LogP contribution < -0.4 is 16.5 Å². The average Bonchev–Trinajstić information content (AvgIpc) is 2.80. The van der Waals surface area contributed by atoms with Crippen molar-refractivity contribution >= 4 is 17.7 Å². The molecular weight excluding hydrogens is 427 g/mol. The van der Waals surface area contributed by atoms with Gasteiger partial charge in [-0.1, -0.05) is 30.3 Å². The summed E-state index contributed by atoms with van der Waals surface area (Å²) in [6.07, 6.45) is 0. The van der Waals surface area contributed by atoms with Crippen molar-refractivity contribution in [1.29, 1.82) is 0 Å². The number of carbonyl (C=O) groups is 3. The second-order valence-electron chi connectivity index (χ2n) is 6.70. The Bertz CT molecular complexity index is 1180. The largest absolute Gasteiger partial charge is 0.366 e. The maximum absolute atomic E-state index is 13.5. The number of amides is 3. The first-order valence-corrected chi connectivity index (χ1v) is 9.11. The van der Waals surface area contributed by atoms with Crippen molar-refractivity contribution in [2.75, 3.05) is 0 Å². The molecule has 0 aliphatic heterocycles. The van der Waals surface area contributed by atoms with Crippen molar-refractivity contribution in [1.82, 2.24) is 10.8 Å². The topological polar surface area (TPSA) is 122 Å². The van der Waals surface area contributed by atoms with Gasteiger partial charge < -0.3 is 11.1 Å². The van der Waals surface area contributed by atoms with Gasteiger partial charge in [0.05, 0.1) is 0 Å². The zero-order valence-corrected chi connectivity index (χ0v) is 16.2. The smallest absolute Gasteiger partial charge is 0.270 e. The van der Waals surface area contributed by atoms with Crippen molar-refractivity contribution in [2.45, 2.75) is 6.04 Å². The van der Waals surface area contributed by atoms with E-state index in [-0.39, 0.29) is 22.3 Å². The summed E-state index contributed by atoms with van der Waals surface area (Å²) in [5.41, 5.74) is 7.38. The highest BCUT2D eigenvalue weighted by Crippen LogP contribution is 2.26. The number of benzene rings is 3. The van der Waals surface area contributed by atoms with Gasteiger partial charge >= 0.3 is 0 Å². The van der Waals surface area contributed by atoms with E-state index in [0.717, 1.165) is 12.1 Å². The summed E-state index contributed by atoms with van der Waals surface area (Å²) in [5.74, 6) is -6.73. The van der Waals surface area contributed by atoms with Crippen molar-refractivity contribution in [3.8, 4) is 11.1 Å². The zero-order chi connectivity index (χ0) is 23.4. The van der Waals surface area contributed by atoms with Crippen LogP contribution in [0.3, 0.4) is 0 Å². The summed E-state index contributed by atoms with van der Waals surface area (Å²) >= 11 is 0. The molecule has 1 atom stereocenters. The first kappa shape index (κ1) is 22.5. The molecule has 5 N–H and O–H groups in total. The molecule has 3 amide bonds. The molecule has 0 spiro atoms. The third-order valence-electron chi connectivity index (χ3n) is 4.62. The molecule has 0 saturated carbocycles. The van der Waals surface area contributed by atoms with Crippen LogP contribution in [-0.2, 0) is 4.79 Å². The van der Waals surface area contributed by atoms with E-state index in [0.29, 0.717) is 5.56 Å². The number of nitrogens with one attached hydrogen (secondary N) is 2. The summed E-state index contributed by atoms with van der Waals surface area (Å²) in [6.45, 7) is 0. The maximum Gasteiger partial charge on any atom is 0.270 e. The number of halogens is 3. The quantitative estimate of drug-likeness (QED) is 0.266. The van der Waals surface area contributed by atoms with E-state index in [4.69, 9.17) is 10.9 Å². The lowest BCUT2D eigenvalue weighted by Gasteiger charge is -2.18. The van der Waals surface area contributed by atoms with Gasteiger partial charge in [-0.25, -0.2) is 18.7 Å². The van der Waals surface area contributed by atoms with E-state index in [2.05, 4.69) is 5.32 Å². The average molecular weight is 443 g/mol. The van der Waals surface area contributed by atoms with Crippen LogP contribution >= 0.6 is 0 Å². The Hall–Kier alpha value is -4.18. The van der Waals surface area contributed by atoms with E-state index >= 15 is 0 Å². The van der Waals surface area contributed by atoms with Gasteiger partial charge in [0.1, 0.15) is 6.04 Å². The van der Waals surface area contributed by atoms with E-state index in [1.165, 1.54) is 54.0 Å². The predicted octanol–water partition coefficient (Wildman–Crippen LogP) is 2.85. The predicted molar refractivity (Wildman–Crippen MR) is 107 cm³/mol. The minimum Gasteiger partial charge on any atom is -0.366 e. The highest BCUT2D eigenvalue weighted by atomic mass is 19.2. The lowest BCUT2D eigenvalue weighted by Crippen LogP contribution is -2.39. The molecule has 0 aliphatic rings. The molecule has 3 rings (SSSR count). The summed E-state index contributed by atoms with van der Waals surface area (Å²) in [5, 5.41) is 11.5. The summed E-state index contributed by atoms with van der Waals surface area (Å²) in [4.78, 5) is 36.0. The van der Waals surface area contributed by atoms with Gasteiger partial charge in [0, 0.05) is 11.1 Å². The van der Waals surface area contributed by atoms with Crippen LogP contribution in [0.15, 0.2) is 60.7 Å². The lowest BCUT2D eigenvalue weighted by molar-refractivity contribution is -0.131. The monoisotopic (exact) mass is 443 g/mol. The SMILES string of the molecule is NC(=O)c1cccc(C(=O)NC(C(=O)NO)c2ccc(-c3cc(F)c(F)c(F)c3)cc2)c1. The first-order valence-electron chi connectivity index (χ1n) is 9.11. The van der Waals surface area contributed by atoms with Gasteiger partial charge in [0.15, 0.2) is 17.5 Å². The second kappa shape index (κ2) is 9.31. The van der Waals surface area contributed by atoms with Gasteiger partial charge in [0.2, 0.25) is 5.91 Å². The normalized spacial score (nSPS) is 11.5. The molecule has 7 nitrogen and oxygen atoms in total. The molecule has 10 heteroatoms. The van der Waals surface area contributed by atoms with Gasteiger partial charge in [-0.15, -0.1) is 0 Å². The van der Waals surface area contributed by atoms with Crippen LogP contribution in [0.1, 0.15) is 32.3 Å². The van der Waals surface area contributed by atoms with Crippen molar-refractivity contribution in [2.24, 2.45) is 5.73 Å². The van der Waals surface area contributed by atoms with E-state index in [1.807, 2.05) is 0 Å². The first-order chi connectivity index (χ1) is 15.2. The second-order valence-corrected chi connectivity index (χ2v) is 6.70. The molecule has 32 heavy (non-hydrogen) atoms. The van der Waals surface area contributed by atoms with Crippen LogP contribution in [0.5, 0.6) is 0 Å². The number of hydrogen-bond donors (Lipinski definition) is 4. The molecule has 0 bridgehead atoms. The Morgan fingerprint density at radius 1 is 0.844 bits per heavy atom. The maximum atomic E-state index is 13.5. The molecule has 1 unspecified atom stereocenters. The Balaban J connectivity index is 1.88. The summed E-state index contributed by atoms with van der Waals surface area (Å²) in [6, 6.07) is 11.4. The Kier molecular flexibility index (Phi) is 6.55. The van der Waals surface area contributed by atoms with Crippen LogP contribution in [0.2, 0.25) is 0 Å². The van der Waals surface area contributed by atoms with Gasteiger partial charge in [-0.05, 0) is 47.0 Å². The van der Waals surface area contributed by atoms with E-state index in [1.54, 1.807) is 0 Å². The molecule has 164 valence electrons. The Morgan fingerprint density at radius 3 is 2.00 bits per heavy atom. The summed E-state index contributed by atoms with van der Waals surface area (Å²) in [7, 11) is 0. The Labute approximate surface area is 179 Å². The third-order valence-corrected chi connectivity index (χ3v) is 4.62. The lowest BCUT2D eigenvalue weighted by atomic mass is 9.99. The molecule has 0 aromatic heterocycles. The minimum absolute atomic E-state index is 0.0472. The van der Waals surface area contributed by atoms with E-state index in [9.17, 15) is 27.6 Å². The van der Waals surface area contributed by atoms with Crippen molar-refractivity contribution < 1.29 is 32.8 Å². The van der Waals surface area contributed by atoms with Gasteiger partial charge in [-0.3, -0.25) is 19.6 Å². The van der Waals surface area contributed by atoms with Crippen LogP contribution in [0.25, 0.3) is 11.1 Å². The van der Waals surface area contributed by atoms with Gasteiger partial charge in [-0.2, -0.15) is 0 Å². The van der Waals surface area contributed by atoms with Crippen molar-refractivity contribution in [3.05, 3.63) is 94.8 Å². The highest BCUT2D eigenvalue weighted by molar-refractivity contribution is 6.00.